The van der Waals surface area contributed by atoms with Gasteiger partial charge in [0, 0.05) is 12.4 Å². The number of aromatic carboxylic acids is 1. The van der Waals surface area contributed by atoms with E-state index in [1.807, 2.05) is 0 Å². The number of aliphatic hydroxyl groups excluding tert-OH is 1. The van der Waals surface area contributed by atoms with Crippen LogP contribution in [0.25, 0.3) is 0 Å². The molecule has 17 heavy (non-hydrogen) atoms. The highest BCUT2D eigenvalue weighted by Crippen LogP contribution is 2.17. The second-order valence-electron chi connectivity index (χ2n) is 4.18. The summed E-state index contributed by atoms with van der Waals surface area (Å²) in [6.45, 7) is 3.22. The van der Waals surface area contributed by atoms with Gasteiger partial charge in [0.15, 0.2) is 0 Å². The fraction of sp³-hybridized carbons (Fsp3) is 0.500. The van der Waals surface area contributed by atoms with Crippen LogP contribution >= 0.6 is 11.3 Å². The summed E-state index contributed by atoms with van der Waals surface area (Å²) in [5.41, 5.74) is -0.638. The Morgan fingerprint density at radius 2 is 2.12 bits per heavy atom. The Morgan fingerprint density at radius 3 is 2.53 bits per heavy atom. The zero-order valence-corrected chi connectivity index (χ0v) is 10.6. The molecule has 0 aliphatic heterocycles. The van der Waals surface area contributed by atoms with Crippen molar-refractivity contribution in [1.29, 1.82) is 0 Å². The maximum Gasteiger partial charge on any atom is 0.365 e. The zero-order chi connectivity index (χ0) is 13.2. The monoisotopic (exact) mass is 258 g/mol. The molecule has 0 aliphatic rings. The smallest absolute Gasteiger partial charge is 0.365 e. The van der Waals surface area contributed by atoms with Crippen LogP contribution in [-0.2, 0) is 0 Å². The molecule has 6 nitrogen and oxygen atoms in total. The van der Waals surface area contributed by atoms with E-state index in [0.29, 0.717) is 0 Å². The Bertz CT molecular complexity index is 441. The summed E-state index contributed by atoms with van der Waals surface area (Å²) in [5.74, 6) is -1.56. The number of thiazole rings is 1. The number of aliphatic hydroxyl groups is 1. The molecule has 2 N–H and O–H groups in total. The highest BCUT2D eigenvalue weighted by molar-refractivity contribution is 7.11. The van der Waals surface area contributed by atoms with Crippen LogP contribution in [0.3, 0.4) is 0 Å². The fourth-order valence-corrected chi connectivity index (χ4v) is 1.65. The molecule has 0 bridgehead atoms. The Kier molecular flexibility index (Phi) is 3.84. The molecule has 1 amide bonds. The van der Waals surface area contributed by atoms with Crippen molar-refractivity contribution in [2.45, 2.75) is 19.4 Å². The Morgan fingerprint density at radius 1 is 1.53 bits per heavy atom. The van der Waals surface area contributed by atoms with Crippen molar-refractivity contribution in [3.63, 3.8) is 0 Å². The van der Waals surface area contributed by atoms with Crippen molar-refractivity contribution in [3.8, 4) is 0 Å². The number of nitrogens with zero attached hydrogens (tertiary/aromatic N) is 2. The van der Waals surface area contributed by atoms with Crippen LogP contribution in [0.15, 0.2) is 5.38 Å². The highest BCUT2D eigenvalue weighted by atomic mass is 32.1. The lowest BCUT2D eigenvalue weighted by Gasteiger charge is -2.33. The molecule has 1 rings (SSSR count). The number of carbonyl (C=O) groups is 2. The van der Waals surface area contributed by atoms with Gasteiger partial charge in [0.05, 0.1) is 12.1 Å². The number of carbonyl (C=O) groups excluding carboxylic acids is 1. The van der Waals surface area contributed by atoms with Gasteiger partial charge in [-0.15, -0.1) is 11.3 Å². The molecule has 1 aromatic rings. The first-order valence-electron chi connectivity index (χ1n) is 4.87. The molecule has 0 aliphatic carbocycles. The lowest BCUT2D eigenvalue weighted by Crippen LogP contribution is -2.47. The lowest BCUT2D eigenvalue weighted by atomic mass is 10.1. The number of aromatic nitrogens is 1. The molecule has 94 valence electrons. The van der Waals surface area contributed by atoms with E-state index >= 15 is 0 Å². The predicted octanol–water partition coefficient (Wildman–Crippen LogP) is 0.684. The van der Waals surface area contributed by atoms with Crippen LogP contribution in [0, 0.1) is 0 Å². The number of amides is 1. The third-order valence-corrected chi connectivity index (χ3v) is 3.34. The highest BCUT2D eigenvalue weighted by Gasteiger charge is 2.29. The first kappa shape index (κ1) is 13.6. The van der Waals surface area contributed by atoms with Crippen molar-refractivity contribution in [3.05, 3.63) is 16.1 Å². The second-order valence-corrected chi connectivity index (χ2v) is 5.04. The molecule has 1 heterocycles. The van der Waals surface area contributed by atoms with Gasteiger partial charge in [0.1, 0.15) is 5.69 Å². The minimum Gasteiger partial charge on any atom is -0.476 e. The van der Waals surface area contributed by atoms with Gasteiger partial charge in [-0.2, -0.15) is 0 Å². The summed E-state index contributed by atoms with van der Waals surface area (Å²) < 4.78 is 0. The molecule has 1 aromatic heterocycles. The van der Waals surface area contributed by atoms with E-state index < -0.39 is 17.4 Å². The summed E-state index contributed by atoms with van der Waals surface area (Å²) in [6.07, 6.45) is 0. The van der Waals surface area contributed by atoms with E-state index in [2.05, 4.69) is 4.98 Å². The van der Waals surface area contributed by atoms with Gasteiger partial charge in [-0.1, -0.05) is 0 Å². The normalized spacial score (nSPS) is 11.3. The SMILES string of the molecule is CN(C(=O)c1csc(C(=O)O)n1)C(C)(C)CO. The zero-order valence-electron chi connectivity index (χ0n) is 9.80. The quantitative estimate of drug-likeness (QED) is 0.829. The third-order valence-electron chi connectivity index (χ3n) is 2.51. The molecule has 0 saturated carbocycles. The molecule has 0 fully saturated rings. The van der Waals surface area contributed by atoms with E-state index in [0.717, 1.165) is 11.3 Å². The van der Waals surface area contributed by atoms with Gasteiger partial charge in [-0.25, -0.2) is 9.78 Å². The first-order valence-corrected chi connectivity index (χ1v) is 5.75. The maximum absolute atomic E-state index is 12.0. The Hall–Kier alpha value is -1.47. The standard InChI is InChI=1S/C10H14N2O4S/c1-10(2,5-13)12(3)8(14)6-4-17-7(11-6)9(15)16/h4,13H,5H2,1-3H3,(H,15,16). The van der Waals surface area contributed by atoms with Crippen molar-refractivity contribution >= 4 is 23.2 Å². The number of likely N-dealkylation sites (N-methyl/N-ethyl adjacent to an activating group) is 1. The Balaban J connectivity index is 2.93. The van der Waals surface area contributed by atoms with Gasteiger partial charge in [0.25, 0.3) is 5.91 Å². The van der Waals surface area contributed by atoms with Crippen molar-refractivity contribution in [1.82, 2.24) is 9.88 Å². The minimum atomic E-state index is -1.15. The summed E-state index contributed by atoms with van der Waals surface area (Å²) in [7, 11) is 1.54. The van der Waals surface area contributed by atoms with Crippen LogP contribution in [-0.4, -0.2) is 51.2 Å². The van der Waals surface area contributed by atoms with Gasteiger partial charge in [-0.05, 0) is 13.8 Å². The van der Waals surface area contributed by atoms with Crippen LogP contribution in [0.5, 0.6) is 0 Å². The van der Waals surface area contributed by atoms with E-state index in [1.165, 1.54) is 10.3 Å². The molecular weight excluding hydrogens is 244 g/mol. The number of carboxylic acids is 1. The summed E-state index contributed by atoms with van der Waals surface area (Å²) >= 11 is 0.901. The van der Waals surface area contributed by atoms with E-state index in [4.69, 9.17) is 10.2 Å². The van der Waals surface area contributed by atoms with Gasteiger partial charge < -0.3 is 15.1 Å². The molecule has 0 unspecified atom stereocenters. The molecular formula is C10H14N2O4S. The topological polar surface area (TPSA) is 90.7 Å². The van der Waals surface area contributed by atoms with E-state index in [9.17, 15) is 9.59 Å². The molecule has 0 radical (unpaired) electrons. The van der Waals surface area contributed by atoms with Crippen molar-refractivity contribution < 1.29 is 19.8 Å². The summed E-state index contributed by atoms with van der Waals surface area (Å²) in [6, 6.07) is 0. The van der Waals surface area contributed by atoms with Gasteiger partial charge in [0.2, 0.25) is 5.01 Å². The fourth-order valence-electron chi connectivity index (χ4n) is 1.02. The predicted molar refractivity (Wildman–Crippen MR) is 62.3 cm³/mol. The van der Waals surface area contributed by atoms with E-state index in [1.54, 1.807) is 20.9 Å². The van der Waals surface area contributed by atoms with Gasteiger partial charge >= 0.3 is 5.97 Å². The largest absolute Gasteiger partial charge is 0.476 e. The number of hydrogen-bond donors (Lipinski definition) is 2. The molecule has 0 atom stereocenters. The minimum absolute atomic E-state index is 0.0800. The van der Waals surface area contributed by atoms with Crippen LogP contribution in [0.2, 0.25) is 0 Å². The molecule has 7 heteroatoms. The molecule has 0 aromatic carbocycles. The first-order chi connectivity index (χ1) is 7.79. The number of rotatable bonds is 4. The third kappa shape index (κ3) is 2.80. The number of hydrogen-bond acceptors (Lipinski definition) is 5. The van der Waals surface area contributed by atoms with Crippen molar-refractivity contribution in [2.24, 2.45) is 0 Å². The Labute approximate surface area is 103 Å². The number of carboxylic acid groups (broad SMARTS) is 1. The summed E-state index contributed by atoms with van der Waals surface area (Å²) in [4.78, 5) is 27.7. The lowest BCUT2D eigenvalue weighted by molar-refractivity contribution is 0.0468. The van der Waals surface area contributed by atoms with Gasteiger partial charge in [-0.3, -0.25) is 4.79 Å². The second kappa shape index (κ2) is 4.80. The average Bonchev–Trinajstić information content (AvgIpc) is 2.76. The molecule has 0 saturated heterocycles. The summed E-state index contributed by atoms with van der Waals surface area (Å²) in [5, 5.41) is 19.1. The van der Waals surface area contributed by atoms with Crippen LogP contribution in [0.1, 0.15) is 34.1 Å². The molecule has 0 spiro atoms. The van der Waals surface area contributed by atoms with Crippen molar-refractivity contribution in [2.75, 3.05) is 13.7 Å². The van der Waals surface area contributed by atoms with Crippen LogP contribution < -0.4 is 0 Å². The average molecular weight is 258 g/mol. The van der Waals surface area contributed by atoms with E-state index in [-0.39, 0.29) is 17.3 Å². The van der Waals surface area contributed by atoms with Crippen LogP contribution in [0.4, 0.5) is 0 Å². The maximum atomic E-state index is 12.0.